The van der Waals surface area contributed by atoms with Crippen LogP contribution in [-0.2, 0) is 0 Å². The lowest BCUT2D eigenvalue weighted by Gasteiger charge is -2.36. The first-order valence-electron chi connectivity index (χ1n) is 7.32. The monoisotopic (exact) mass is 244 g/mol. The molecular weight excluding hydrogens is 212 g/mol. The van der Waals surface area contributed by atoms with E-state index in [0.29, 0.717) is 11.8 Å². The summed E-state index contributed by atoms with van der Waals surface area (Å²) < 4.78 is 0. The van der Waals surface area contributed by atoms with E-state index < -0.39 is 0 Å². The second-order valence-corrected chi connectivity index (χ2v) is 5.59. The van der Waals surface area contributed by atoms with Gasteiger partial charge in [-0.2, -0.15) is 0 Å². The molecule has 0 aliphatic heterocycles. The van der Waals surface area contributed by atoms with Gasteiger partial charge in [0.2, 0.25) is 0 Å². The predicted octanol–water partition coefficient (Wildman–Crippen LogP) is 3.61. The average molecular weight is 244 g/mol. The molecule has 0 atom stereocenters. The topological polar surface area (TPSA) is 40.5 Å². The molecule has 0 rings (SSSR count). The highest BCUT2D eigenvalue weighted by Gasteiger charge is 2.32. The molecule has 0 amide bonds. The first-order valence-corrected chi connectivity index (χ1v) is 7.32. The lowest BCUT2D eigenvalue weighted by atomic mass is 9.72. The summed E-state index contributed by atoms with van der Waals surface area (Å²) in [5, 5.41) is 19.4. The Morgan fingerprint density at radius 1 is 0.706 bits per heavy atom. The molecule has 104 valence electrons. The molecule has 0 heterocycles. The van der Waals surface area contributed by atoms with Gasteiger partial charge in [0.05, 0.1) is 13.2 Å². The van der Waals surface area contributed by atoms with E-state index in [1.165, 1.54) is 0 Å². The maximum atomic E-state index is 9.70. The maximum Gasteiger partial charge on any atom is 0.0509 e. The van der Waals surface area contributed by atoms with Crippen LogP contribution < -0.4 is 0 Å². The van der Waals surface area contributed by atoms with Crippen molar-refractivity contribution in [2.75, 3.05) is 13.2 Å². The van der Waals surface area contributed by atoms with Crippen LogP contribution in [0.25, 0.3) is 0 Å². The Bertz CT molecular complexity index is 152. The van der Waals surface area contributed by atoms with Crippen molar-refractivity contribution in [3.63, 3.8) is 0 Å². The largest absolute Gasteiger partial charge is 0.396 e. The summed E-state index contributed by atoms with van der Waals surface area (Å²) in [6, 6.07) is 0. The van der Waals surface area contributed by atoms with Gasteiger partial charge in [-0.15, -0.1) is 0 Å². The molecule has 0 unspecified atom stereocenters. The van der Waals surface area contributed by atoms with Crippen molar-refractivity contribution < 1.29 is 10.2 Å². The average Bonchev–Trinajstić information content (AvgIpc) is 2.40. The molecule has 17 heavy (non-hydrogen) atoms. The van der Waals surface area contributed by atoms with Gasteiger partial charge in [-0.1, -0.05) is 53.4 Å². The number of hydrogen-bond acceptors (Lipinski definition) is 2. The Kier molecular flexibility index (Phi) is 8.89. The molecule has 0 aromatic heterocycles. The van der Waals surface area contributed by atoms with Crippen molar-refractivity contribution in [2.24, 2.45) is 17.3 Å². The van der Waals surface area contributed by atoms with E-state index in [9.17, 15) is 10.2 Å². The fourth-order valence-corrected chi connectivity index (χ4v) is 2.77. The second kappa shape index (κ2) is 8.93. The third kappa shape index (κ3) is 5.39. The van der Waals surface area contributed by atoms with E-state index in [0.717, 1.165) is 38.5 Å². The van der Waals surface area contributed by atoms with Gasteiger partial charge in [0.1, 0.15) is 0 Å². The van der Waals surface area contributed by atoms with Gasteiger partial charge in [0.15, 0.2) is 0 Å². The van der Waals surface area contributed by atoms with E-state index in [2.05, 4.69) is 27.7 Å². The van der Waals surface area contributed by atoms with Crippen LogP contribution in [0.3, 0.4) is 0 Å². The van der Waals surface area contributed by atoms with Crippen molar-refractivity contribution in [2.45, 2.75) is 66.2 Å². The van der Waals surface area contributed by atoms with E-state index in [-0.39, 0.29) is 18.6 Å². The summed E-state index contributed by atoms with van der Waals surface area (Å²) in [5.74, 6) is 1.26. The van der Waals surface area contributed by atoms with Crippen LogP contribution in [-0.4, -0.2) is 23.4 Å². The normalized spacial score (nSPS) is 12.7. The van der Waals surface area contributed by atoms with Crippen LogP contribution in [0.5, 0.6) is 0 Å². The molecule has 0 saturated heterocycles. The van der Waals surface area contributed by atoms with Gasteiger partial charge < -0.3 is 10.2 Å². The predicted molar refractivity (Wildman–Crippen MR) is 74.0 cm³/mol. The summed E-state index contributed by atoms with van der Waals surface area (Å²) in [4.78, 5) is 0. The van der Waals surface area contributed by atoms with Gasteiger partial charge in [0.25, 0.3) is 0 Å². The van der Waals surface area contributed by atoms with E-state index >= 15 is 0 Å². The Morgan fingerprint density at radius 2 is 1.00 bits per heavy atom. The fourth-order valence-electron chi connectivity index (χ4n) is 2.77. The molecule has 0 saturated carbocycles. The summed E-state index contributed by atoms with van der Waals surface area (Å²) in [5.41, 5.74) is -0.257. The third-order valence-electron chi connectivity index (χ3n) is 4.42. The van der Waals surface area contributed by atoms with Gasteiger partial charge in [0, 0.05) is 5.41 Å². The Hall–Kier alpha value is -0.0800. The quantitative estimate of drug-likeness (QED) is 0.616. The number of aliphatic hydroxyl groups excluding tert-OH is 2. The SMILES string of the molecule is CCC(CC)CC(CO)(CO)CC(CC)CC. The molecule has 0 fully saturated rings. The molecule has 0 aliphatic carbocycles. The van der Waals surface area contributed by atoms with Gasteiger partial charge in [-0.05, 0) is 24.7 Å². The zero-order valence-electron chi connectivity index (χ0n) is 12.2. The molecule has 2 heteroatoms. The summed E-state index contributed by atoms with van der Waals surface area (Å²) in [6.45, 7) is 9.04. The van der Waals surface area contributed by atoms with Crippen LogP contribution in [0, 0.1) is 17.3 Å². The van der Waals surface area contributed by atoms with Gasteiger partial charge >= 0.3 is 0 Å². The third-order valence-corrected chi connectivity index (χ3v) is 4.42. The van der Waals surface area contributed by atoms with Crippen LogP contribution in [0.15, 0.2) is 0 Å². The van der Waals surface area contributed by atoms with Crippen molar-refractivity contribution in [3.05, 3.63) is 0 Å². The van der Waals surface area contributed by atoms with Crippen LogP contribution in [0.2, 0.25) is 0 Å². The lowest BCUT2D eigenvalue weighted by Crippen LogP contribution is -2.34. The minimum Gasteiger partial charge on any atom is -0.396 e. The zero-order chi connectivity index (χ0) is 13.3. The Balaban J connectivity index is 4.63. The smallest absolute Gasteiger partial charge is 0.0509 e. The number of aliphatic hydroxyl groups is 2. The first kappa shape index (κ1) is 16.9. The van der Waals surface area contributed by atoms with Crippen molar-refractivity contribution in [1.82, 2.24) is 0 Å². The Labute approximate surface area is 107 Å². The highest BCUT2D eigenvalue weighted by molar-refractivity contribution is 4.83. The van der Waals surface area contributed by atoms with Gasteiger partial charge in [-0.25, -0.2) is 0 Å². The molecule has 2 N–H and O–H groups in total. The first-order chi connectivity index (χ1) is 8.11. The molecule has 0 aromatic rings. The summed E-state index contributed by atoms with van der Waals surface area (Å²) in [7, 11) is 0. The molecule has 0 spiro atoms. The van der Waals surface area contributed by atoms with Gasteiger partial charge in [-0.3, -0.25) is 0 Å². The zero-order valence-corrected chi connectivity index (χ0v) is 12.2. The van der Waals surface area contributed by atoms with Crippen molar-refractivity contribution in [1.29, 1.82) is 0 Å². The number of hydrogen-bond donors (Lipinski definition) is 2. The minimum atomic E-state index is -0.257. The van der Waals surface area contributed by atoms with E-state index in [1.807, 2.05) is 0 Å². The summed E-state index contributed by atoms with van der Waals surface area (Å²) in [6.07, 6.45) is 6.48. The molecular formula is C15H32O2. The molecule has 0 bridgehead atoms. The standard InChI is InChI=1S/C15H32O2/c1-5-13(6-2)9-15(11-16,12-17)10-14(7-3)8-4/h13-14,16-17H,5-12H2,1-4H3. The summed E-state index contributed by atoms with van der Waals surface area (Å²) >= 11 is 0. The van der Waals surface area contributed by atoms with Crippen molar-refractivity contribution >= 4 is 0 Å². The van der Waals surface area contributed by atoms with Crippen LogP contribution >= 0.6 is 0 Å². The van der Waals surface area contributed by atoms with Crippen LogP contribution in [0.4, 0.5) is 0 Å². The molecule has 0 aliphatic rings. The van der Waals surface area contributed by atoms with E-state index in [1.54, 1.807) is 0 Å². The lowest BCUT2D eigenvalue weighted by molar-refractivity contribution is 0.0106. The minimum absolute atomic E-state index is 0.122. The maximum absolute atomic E-state index is 9.70. The Morgan fingerprint density at radius 3 is 1.18 bits per heavy atom. The highest BCUT2D eigenvalue weighted by atomic mass is 16.3. The van der Waals surface area contributed by atoms with Crippen molar-refractivity contribution in [3.8, 4) is 0 Å². The van der Waals surface area contributed by atoms with E-state index in [4.69, 9.17) is 0 Å². The highest BCUT2D eigenvalue weighted by Crippen LogP contribution is 2.36. The molecule has 2 nitrogen and oxygen atoms in total. The second-order valence-electron chi connectivity index (χ2n) is 5.59. The van der Waals surface area contributed by atoms with Crippen LogP contribution in [0.1, 0.15) is 66.2 Å². The fraction of sp³-hybridized carbons (Fsp3) is 1.00. The number of rotatable bonds is 10. The molecule has 0 radical (unpaired) electrons. The molecule has 0 aromatic carbocycles.